The van der Waals surface area contributed by atoms with Crippen LogP contribution in [0.4, 0.5) is 5.82 Å². The van der Waals surface area contributed by atoms with E-state index in [1.807, 2.05) is 31.2 Å². The van der Waals surface area contributed by atoms with E-state index >= 15 is 0 Å². The molecule has 17 heavy (non-hydrogen) atoms. The molecule has 2 heterocycles. The average Bonchev–Trinajstić information content (AvgIpc) is 2.76. The molecule has 4 heteroatoms. The lowest BCUT2D eigenvalue weighted by Crippen LogP contribution is -2.13. The number of anilines is 1. The molecule has 0 saturated carbocycles. The van der Waals surface area contributed by atoms with Gasteiger partial charge in [0.1, 0.15) is 5.82 Å². The van der Waals surface area contributed by atoms with Crippen molar-refractivity contribution >= 4 is 5.82 Å². The Kier molecular flexibility index (Phi) is 2.21. The van der Waals surface area contributed by atoms with Gasteiger partial charge in [-0.25, -0.2) is 4.79 Å². The molecule has 1 aromatic carbocycles. The highest BCUT2D eigenvalue weighted by atomic mass is 16.1. The summed E-state index contributed by atoms with van der Waals surface area (Å²) < 4.78 is 0. The number of aromatic nitrogens is 2. The van der Waals surface area contributed by atoms with Gasteiger partial charge in [0.15, 0.2) is 0 Å². The van der Waals surface area contributed by atoms with Crippen LogP contribution in [0.5, 0.6) is 0 Å². The standard InChI is InChI=1S/C13H13N3O/c1-8-4-2-3-5-9(8)11-10-6-7-14-12(10)16-13(17)15-11/h2-5H,6-7H2,1H3,(H2,14,15,16,17). The number of aromatic amines is 1. The summed E-state index contributed by atoms with van der Waals surface area (Å²) in [6.45, 7) is 2.89. The lowest BCUT2D eigenvalue weighted by Gasteiger charge is -2.09. The summed E-state index contributed by atoms with van der Waals surface area (Å²) in [5, 5.41) is 3.14. The molecule has 0 aliphatic carbocycles. The number of benzene rings is 1. The first-order valence-corrected chi connectivity index (χ1v) is 5.69. The number of nitrogens with one attached hydrogen (secondary N) is 2. The molecule has 3 rings (SSSR count). The third-order valence-electron chi connectivity index (χ3n) is 3.11. The molecule has 0 atom stereocenters. The zero-order valence-electron chi connectivity index (χ0n) is 9.58. The Bertz CT molecular complexity index is 631. The predicted octanol–water partition coefficient (Wildman–Crippen LogP) is 1.71. The fraction of sp³-hybridized carbons (Fsp3) is 0.231. The van der Waals surface area contributed by atoms with E-state index in [1.54, 1.807) is 0 Å². The van der Waals surface area contributed by atoms with Crippen LogP contribution in [0.1, 0.15) is 11.1 Å². The second kappa shape index (κ2) is 3.73. The molecule has 1 aromatic heterocycles. The zero-order valence-corrected chi connectivity index (χ0v) is 9.58. The van der Waals surface area contributed by atoms with Crippen molar-refractivity contribution in [2.45, 2.75) is 13.3 Å². The van der Waals surface area contributed by atoms with Crippen LogP contribution < -0.4 is 11.0 Å². The molecule has 0 fully saturated rings. The van der Waals surface area contributed by atoms with Crippen molar-refractivity contribution < 1.29 is 0 Å². The smallest absolute Gasteiger partial charge is 0.347 e. The van der Waals surface area contributed by atoms with Crippen molar-refractivity contribution in [2.75, 3.05) is 11.9 Å². The van der Waals surface area contributed by atoms with Crippen molar-refractivity contribution in [1.82, 2.24) is 9.97 Å². The van der Waals surface area contributed by atoms with Crippen molar-refractivity contribution in [3.05, 3.63) is 45.9 Å². The largest absolute Gasteiger partial charge is 0.369 e. The first kappa shape index (κ1) is 10.1. The van der Waals surface area contributed by atoms with Gasteiger partial charge in [-0.2, -0.15) is 4.98 Å². The summed E-state index contributed by atoms with van der Waals surface area (Å²) in [6.07, 6.45) is 0.906. The molecule has 0 unspecified atom stereocenters. The molecule has 0 radical (unpaired) electrons. The van der Waals surface area contributed by atoms with E-state index in [1.165, 1.54) is 0 Å². The van der Waals surface area contributed by atoms with Gasteiger partial charge >= 0.3 is 5.69 Å². The molecular weight excluding hydrogens is 214 g/mol. The highest BCUT2D eigenvalue weighted by Gasteiger charge is 2.18. The Balaban J connectivity index is 2.29. The van der Waals surface area contributed by atoms with Crippen LogP contribution in [-0.4, -0.2) is 16.5 Å². The third-order valence-corrected chi connectivity index (χ3v) is 3.11. The van der Waals surface area contributed by atoms with E-state index in [-0.39, 0.29) is 5.69 Å². The second-order valence-corrected chi connectivity index (χ2v) is 4.24. The molecule has 86 valence electrons. The molecule has 2 N–H and O–H groups in total. The normalized spacial score (nSPS) is 13.2. The molecule has 0 bridgehead atoms. The van der Waals surface area contributed by atoms with E-state index in [9.17, 15) is 4.79 Å². The van der Waals surface area contributed by atoms with E-state index in [0.717, 1.165) is 41.2 Å². The third kappa shape index (κ3) is 1.62. The molecule has 0 spiro atoms. The maximum Gasteiger partial charge on any atom is 0.347 e. The summed E-state index contributed by atoms with van der Waals surface area (Å²) in [5.41, 5.74) is 3.95. The highest BCUT2D eigenvalue weighted by Crippen LogP contribution is 2.29. The highest BCUT2D eigenvalue weighted by molar-refractivity contribution is 5.72. The first-order chi connectivity index (χ1) is 8.25. The Morgan fingerprint density at radius 1 is 1.29 bits per heavy atom. The Labute approximate surface area is 98.7 Å². The summed E-state index contributed by atoms with van der Waals surface area (Å²) >= 11 is 0. The van der Waals surface area contributed by atoms with Gasteiger partial charge in [-0.05, 0) is 18.9 Å². The monoisotopic (exact) mass is 227 g/mol. The van der Waals surface area contributed by atoms with Crippen LogP contribution in [0, 0.1) is 6.92 Å². The zero-order chi connectivity index (χ0) is 11.8. The maximum absolute atomic E-state index is 11.5. The molecule has 1 aliphatic rings. The molecule has 1 aliphatic heterocycles. The summed E-state index contributed by atoms with van der Waals surface area (Å²) in [7, 11) is 0. The van der Waals surface area contributed by atoms with E-state index in [4.69, 9.17) is 0 Å². The molecule has 4 nitrogen and oxygen atoms in total. The van der Waals surface area contributed by atoms with Crippen LogP contribution in [-0.2, 0) is 6.42 Å². The average molecular weight is 227 g/mol. The number of aryl methyl sites for hydroxylation is 1. The molecular formula is C13H13N3O. The number of hydrogen-bond acceptors (Lipinski definition) is 3. The van der Waals surface area contributed by atoms with Crippen LogP contribution in [0.15, 0.2) is 29.1 Å². The first-order valence-electron chi connectivity index (χ1n) is 5.69. The topological polar surface area (TPSA) is 57.8 Å². The number of hydrogen-bond donors (Lipinski definition) is 2. The van der Waals surface area contributed by atoms with Gasteiger partial charge in [0.25, 0.3) is 0 Å². The minimum absolute atomic E-state index is 0.295. The van der Waals surface area contributed by atoms with Gasteiger partial charge in [0, 0.05) is 17.7 Å². The van der Waals surface area contributed by atoms with Gasteiger partial charge in [0.05, 0.1) is 5.69 Å². The van der Waals surface area contributed by atoms with Crippen LogP contribution in [0.3, 0.4) is 0 Å². The summed E-state index contributed by atoms with van der Waals surface area (Å²) in [5.74, 6) is 0.729. The van der Waals surface area contributed by atoms with E-state index in [0.29, 0.717) is 0 Å². The Morgan fingerprint density at radius 2 is 2.12 bits per heavy atom. The van der Waals surface area contributed by atoms with Crippen LogP contribution in [0.25, 0.3) is 11.3 Å². The quantitative estimate of drug-likeness (QED) is 0.779. The van der Waals surface area contributed by atoms with Gasteiger partial charge in [-0.3, -0.25) is 0 Å². The minimum atomic E-state index is -0.295. The van der Waals surface area contributed by atoms with Crippen molar-refractivity contribution in [3.63, 3.8) is 0 Å². The van der Waals surface area contributed by atoms with E-state index < -0.39 is 0 Å². The second-order valence-electron chi connectivity index (χ2n) is 4.24. The van der Waals surface area contributed by atoms with Gasteiger partial charge in [-0.15, -0.1) is 0 Å². The molecule has 2 aromatic rings. The predicted molar refractivity (Wildman–Crippen MR) is 67.2 cm³/mol. The SMILES string of the molecule is Cc1ccccc1-c1[nH]c(=O)nc2c1CCN2. The minimum Gasteiger partial charge on any atom is -0.369 e. The maximum atomic E-state index is 11.5. The fourth-order valence-electron chi connectivity index (χ4n) is 2.28. The van der Waals surface area contributed by atoms with Crippen LogP contribution in [0.2, 0.25) is 0 Å². The number of nitrogens with zero attached hydrogens (tertiary/aromatic N) is 1. The van der Waals surface area contributed by atoms with Gasteiger partial charge < -0.3 is 10.3 Å². The van der Waals surface area contributed by atoms with E-state index in [2.05, 4.69) is 15.3 Å². The number of H-pyrrole nitrogens is 1. The van der Waals surface area contributed by atoms with Crippen molar-refractivity contribution in [1.29, 1.82) is 0 Å². The molecule has 0 saturated heterocycles. The number of fused-ring (bicyclic) bond motifs is 1. The van der Waals surface area contributed by atoms with Crippen LogP contribution >= 0.6 is 0 Å². The Hall–Kier alpha value is -2.10. The summed E-state index contributed by atoms with van der Waals surface area (Å²) in [6, 6.07) is 8.05. The molecule has 0 amide bonds. The van der Waals surface area contributed by atoms with Gasteiger partial charge in [-0.1, -0.05) is 24.3 Å². The lowest BCUT2D eigenvalue weighted by atomic mass is 10.0. The summed E-state index contributed by atoms with van der Waals surface area (Å²) in [4.78, 5) is 18.3. The Morgan fingerprint density at radius 3 is 2.94 bits per heavy atom. The van der Waals surface area contributed by atoms with Gasteiger partial charge in [0.2, 0.25) is 0 Å². The van der Waals surface area contributed by atoms with Crippen molar-refractivity contribution in [3.8, 4) is 11.3 Å². The fourth-order valence-corrected chi connectivity index (χ4v) is 2.28. The van der Waals surface area contributed by atoms with Crippen molar-refractivity contribution in [2.24, 2.45) is 0 Å². The lowest BCUT2D eigenvalue weighted by molar-refractivity contribution is 1.06. The number of rotatable bonds is 1.